The van der Waals surface area contributed by atoms with E-state index in [2.05, 4.69) is 18.7 Å². The summed E-state index contributed by atoms with van der Waals surface area (Å²) in [7, 11) is -3.74. The standard InChI is InChI=1S/C21H30N4O3S/c1-17(2)25(19-8-4-5-9-19)16-21(26)23-11-13-24(14-12-23)29(27,28)20-10-6-3-7-18(20)15-22/h3,6-7,10,17,19H,4-5,8-9,11-14,16H2,1-2H3. The summed E-state index contributed by atoms with van der Waals surface area (Å²) < 4.78 is 27.3. The fourth-order valence-corrected chi connectivity index (χ4v) is 5.89. The number of benzene rings is 1. The molecule has 29 heavy (non-hydrogen) atoms. The Morgan fingerprint density at radius 3 is 2.38 bits per heavy atom. The van der Waals surface area contributed by atoms with Crippen LogP contribution in [0.25, 0.3) is 0 Å². The zero-order chi connectivity index (χ0) is 21.0. The number of amides is 1. The summed E-state index contributed by atoms with van der Waals surface area (Å²) in [4.78, 5) is 17.0. The number of hydrogen-bond acceptors (Lipinski definition) is 5. The molecule has 0 radical (unpaired) electrons. The molecular formula is C21H30N4O3S. The molecule has 2 fully saturated rings. The van der Waals surface area contributed by atoms with Crippen LogP contribution < -0.4 is 0 Å². The van der Waals surface area contributed by atoms with Gasteiger partial charge in [-0.1, -0.05) is 25.0 Å². The van der Waals surface area contributed by atoms with Crippen LogP contribution in [0, 0.1) is 11.3 Å². The lowest BCUT2D eigenvalue weighted by molar-refractivity contribution is -0.134. The number of carbonyl (C=O) groups excluding carboxylic acids is 1. The first-order valence-electron chi connectivity index (χ1n) is 10.4. The van der Waals surface area contributed by atoms with E-state index in [4.69, 9.17) is 0 Å². The van der Waals surface area contributed by atoms with Crippen molar-refractivity contribution in [3.05, 3.63) is 29.8 Å². The molecule has 3 rings (SSSR count). The van der Waals surface area contributed by atoms with Gasteiger partial charge in [0.2, 0.25) is 15.9 Å². The third-order valence-corrected chi connectivity index (χ3v) is 7.95. The molecule has 158 valence electrons. The van der Waals surface area contributed by atoms with Crippen LogP contribution in [0.1, 0.15) is 45.1 Å². The molecule has 1 aromatic carbocycles. The summed E-state index contributed by atoms with van der Waals surface area (Å²) in [5, 5.41) is 9.22. The molecule has 0 aromatic heterocycles. The van der Waals surface area contributed by atoms with Gasteiger partial charge in [0, 0.05) is 38.3 Å². The summed E-state index contributed by atoms with van der Waals surface area (Å²) in [6.45, 7) is 5.91. The highest BCUT2D eigenvalue weighted by Gasteiger charge is 2.33. The third kappa shape index (κ3) is 4.80. The van der Waals surface area contributed by atoms with Gasteiger partial charge in [-0.2, -0.15) is 9.57 Å². The Kier molecular flexibility index (Phi) is 6.93. The molecule has 0 bridgehead atoms. The van der Waals surface area contributed by atoms with Gasteiger partial charge in [-0.05, 0) is 38.8 Å². The lowest BCUT2D eigenvalue weighted by atomic mass is 10.1. The highest BCUT2D eigenvalue weighted by molar-refractivity contribution is 7.89. The van der Waals surface area contributed by atoms with Crippen LogP contribution in [0.2, 0.25) is 0 Å². The van der Waals surface area contributed by atoms with Gasteiger partial charge in [0.05, 0.1) is 17.0 Å². The molecular weight excluding hydrogens is 388 g/mol. The minimum atomic E-state index is -3.74. The number of nitriles is 1. The summed E-state index contributed by atoms with van der Waals surface area (Å²) in [6.07, 6.45) is 4.75. The minimum Gasteiger partial charge on any atom is -0.339 e. The van der Waals surface area contributed by atoms with E-state index >= 15 is 0 Å². The van der Waals surface area contributed by atoms with Gasteiger partial charge in [-0.15, -0.1) is 0 Å². The number of carbonyl (C=O) groups is 1. The lowest BCUT2D eigenvalue weighted by Crippen LogP contribution is -2.54. The zero-order valence-electron chi connectivity index (χ0n) is 17.2. The van der Waals surface area contributed by atoms with E-state index in [0.717, 1.165) is 12.8 Å². The van der Waals surface area contributed by atoms with Gasteiger partial charge in [0.25, 0.3) is 0 Å². The smallest absolute Gasteiger partial charge is 0.244 e. The molecule has 7 nitrogen and oxygen atoms in total. The molecule has 1 aliphatic carbocycles. The summed E-state index contributed by atoms with van der Waals surface area (Å²) in [5.41, 5.74) is 0.148. The Morgan fingerprint density at radius 2 is 1.79 bits per heavy atom. The third-order valence-electron chi connectivity index (χ3n) is 5.99. The number of piperazine rings is 1. The van der Waals surface area contributed by atoms with Crippen molar-refractivity contribution in [2.24, 2.45) is 0 Å². The Balaban J connectivity index is 1.62. The molecule has 1 amide bonds. The highest BCUT2D eigenvalue weighted by Crippen LogP contribution is 2.25. The monoisotopic (exact) mass is 418 g/mol. The molecule has 1 aliphatic heterocycles. The van der Waals surface area contributed by atoms with Crippen molar-refractivity contribution in [1.82, 2.24) is 14.1 Å². The van der Waals surface area contributed by atoms with Crippen molar-refractivity contribution >= 4 is 15.9 Å². The minimum absolute atomic E-state index is 0.0366. The molecule has 0 spiro atoms. The van der Waals surface area contributed by atoms with Gasteiger partial charge < -0.3 is 4.90 Å². The maximum Gasteiger partial charge on any atom is 0.244 e. The van der Waals surface area contributed by atoms with E-state index in [9.17, 15) is 18.5 Å². The first-order chi connectivity index (χ1) is 13.8. The molecule has 1 saturated carbocycles. The van der Waals surface area contributed by atoms with Gasteiger partial charge in [0.1, 0.15) is 6.07 Å². The van der Waals surface area contributed by atoms with E-state index < -0.39 is 10.0 Å². The predicted molar refractivity (Wildman–Crippen MR) is 111 cm³/mol. The second kappa shape index (κ2) is 9.24. The van der Waals surface area contributed by atoms with Gasteiger partial charge in [-0.25, -0.2) is 8.42 Å². The molecule has 0 atom stereocenters. The van der Waals surface area contributed by atoms with Crippen molar-refractivity contribution < 1.29 is 13.2 Å². The summed E-state index contributed by atoms with van der Waals surface area (Å²) in [6, 6.07) is 8.99. The number of sulfonamides is 1. The summed E-state index contributed by atoms with van der Waals surface area (Å²) in [5.74, 6) is 0.0695. The van der Waals surface area contributed by atoms with Gasteiger partial charge >= 0.3 is 0 Å². The fourth-order valence-electron chi connectivity index (χ4n) is 4.33. The van der Waals surface area contributed by atoms with Crippen LogP contribution in [0.4, 0.5) is 0 Å². The Morgan fingerprint density at radius 1 is 1.17 bits per heavy atom. The van der Waals surface area contributed by atoms with Crippen LogP contribution in [-0.4, -0.2) is 73.2 Å². The van der Waals surface area contributed by atoms with Crippen LogP contribution in [0.15, 0.2) is 29.2 Å². The van der Waals surface area contributed by atoms with Crippen LogP contribution in [0.5, 0.6) is 0 Å². The number of hydrogen-bond donors (Lipinski definition) is 0. The molecule has 2 aliphatic rings. The number of nitrogens with zero attached hydrogens (tertiary/aromatic N) is 4. The van der Waals surface area contributed by atoms with Gasteiger partial charge in [-0.3, -0.25) is 9.69 Å². The van der Waals surface area contributed by atoms with Crippen molar-refractivity contribution in [3.63, 3.8) is 0 Å². The van der Waals surface area contributed by atoms with Crippen LogP contribution in [-0.2, 0) is 14.8 Å². The van der Waals surface area contributed by atoms with E-state index in [0.29, 0.717) is 31.7 Å². The molecule has 1 aromatic rings. The van der Waals surface area contributed by atoms with Crippen molar-refractivity contribution in [3.8, 4) is 6.07 Å². The van der Waals surface area contributed by atoms with Crippen molar-refractivity contribution in [2.75, 3.05) is 32.7 Å². The second-order valence-electron chi connectivity index (χ2n) is 8.10. The second-order valence-corrected chi connectivity index (χ2v) is 10.0. The molecule has 0 unspecified atom stereocenters. The first kappa shape index (κ1) is 21.8. The van der Waals surface area contributed by atoms with E-state index in [-0.39, 0.29) is 29.5 Å². The molecule has 0 N–H and O–H groups in total. The lowest BCUT2D eigenvalue weighted by Gasteiger charge is -2.37. The maximum atomic E-state index is 12.9. The SMILES string of the molecule is CC(C)N(CC(=O)N1CCN(S(=O)(=O)c2ccccc2C#N)CC1)C1CCCC1. The highest BCUT2D eigenvalue weighted by atomic mass is 32.2. The average molecular weight is 419 g/mol. The molecule has 1 saturated heterocycles. The van der Waals surface area contributed by atoms with E-state index in [1.165, 1.54) is 29.3 Å². The Labute approximate surface area is 173 Å². The molecule has 8 heteroatoms. The summed E-state index contributed by atoms with van der Waals surface area (Å²) >= 11 is 0. The van der Waals surface area contributed by atoms with Crippen molar-refractivity contribution in [2.45, 2.75) is 56.5 Å². The van der Waals surface area contributed by atoms with Gasteiger partial charge in [0.15, 0.2) is 0 Å². The number of rotatable bonds is 6. The first-order valence-corrected chi connectivity index (χ1v) is 11.8. The normalized spacial score (nSPS) is 19.1. The largest absolute Gasteiger partial charge is 0.339 e. The predicted octanol–water partition coefficient (Wildman–Crippen LogP) is 2.04. The molecule has 1 heterocycles. The topological polar surface area (TPSA) is 84.7 Å². The fraction of sp³-hybridized carbons (Fsp3) is 0.619. The van der Waals surface area contributed by atoms with Crippen molar-refractivity contribution in [1.29, 1.82) is 5.26 Å². The van der Waals surface area contributed by atoms with E-state index in [1.54, 1.807) is 17.0 Å². The Hall–Kier alpha value is -1.95. The maximum absolute atomic E-state index is 12.9. The quantitative estimate of drug-likeness (QED) is 0.706. The van der Waals surface area contributed by atoms with Crippen LogP contribution in [0.3, 0.4) is 0 Å². The zero-order valence-corrected chi connectivity index (χ0v) is 18.1. The average Bonchev–Trinajstić information content (AvgIpc) is 3.26. The van der Waals surface area contributed by atoms with E-state index in [1.807, 2.05) is 6.07 Å². The van der Waals surface area contributed by atoms with Crippen LogP contribution >= 0.6 is 0 Å². The Bertz CT molecular complexity index is 864.